The number of hydrogen-bond donors (Lipinski definition) is 0. The van der Waals surface area contributed by atoms with Crippen LogP contribution in [-0.2, 0) is 6.42 Å². The Kier molecular flexibility index (Phi) is 4.87. The summed E-state index contributed by atoms with van der Waals surface area (Å²) in [5.74, 6) is 0.939. The van der Waals surface area contributed by atoms with Crippen LogP contribution in [0.25, 0.3) is 0 Å². The molecule has 148 valence electrons. The zero-order valence-electron chi connectivity index (χ0n) is 16.2. The van der Waals surface area contributed by atoms with Crippen LogP contribution in [-0.4, -0.2) is 37.8 Å². The molecule has 0 radical (unpaired) electrons. The van der Waals surface area contributed by atoms with Crippen molar-refractivity contribution in [3.63, 3.8) is 0 Å². The van der Waals surface area contributed by atoms with Gasteiger partial charge in [0, 0.05) is 13.1 Å². The summed E-state index contributed by atoms with van der Waals surface area (Å²) in [5.41, 5.74) is 1.06. The first-order chi connectivity index (χ1) is 13.5. The van der Waals surface area contributed by atoms with E-state index in [1.807, 2.05) is 18.2 Å². The van der Waals surface area contributed by atoms with Crippen LogP contribution in [0.3, 0.4) is 0 Å². The van der Waals surface area contributed by atoms with Gasteiger partial charge in [-0.2, -0.15) is 0 Å². The van der Waals surface area contributed by atoms with E-state index in [2.05, 4.69) is 6.92 Å². The SMILES string of the molecule is COc1cccc(F)c1C(=O)N1CCC[C@](C)(Cc2ccc3c(c2)OCO3)C1. The molecule has 28 heavy (non-hydrogen) atoms. The highest BCUT2D eigenvalue weighted by molar-refractivity contribution is 5.97. The quantitative estimate of drug-likeness (QED) is 0.797. The minimum Gasteiger partial charge on any atom is -0.496 e. The first kappa shape index (κ1) is 18.6. The number of likely N-dealkylation sites (tertiary alicyclic amines) is 1. The molecule has 2 aromatic carbocycles. The average molecular weight is 385 g/mol. The number of hydrogen-bond acceptors (Lipinski definition) is 4. The van der Waals surface area contributed by atoms with Gasteiger partial charge >= 0.3 is 0 Å². The Morgan fingerprint density at radius 3 is 2.89 bits per heavy atom. The van der Waals surface area contributed by atoms with E-state index in [0.717, 1.165) is 36.3 Å². The topological polar surface area (TPSA) is 48.0 Å². The Balaban J connectivity index is 1.53. The molecule has 0 aromatic heterocycles. The summed E-state index contributed by atoms with van der Waals surface area (Å²) in [6.45, 7) is 3.61. The zero-order chi connectivity index (χ0) is 19.7. The number of benzene rings is 2. The molecule has 1 saturated heterocycles. The van der Waals surface area contributed by atoms with Crippen molar-refractivity contribution in [3.8, 4) is 17.2 Å². The van der Waals surface area contributed by atoms with Crippen LogP contribution in [0.5, 0.6) is 17.2 Å². The first-order valence-electron chi connectivity index (χ1n) is 9.49. The smallest absolute Gasteiger partial charge is 0.260 e. The lowest BCUT2D eigenvalue weighted by atomic mass is 9.76. The summed E-state index contributed by atoms with van der Waals surface area (Å²) < 4.78 is 30.4. The molecule has 0 saturated carbocycles. The maximum atomic E-state index is 14.4. The van der Waals surface area contributed by atoms with Crippen molar-refractivity contribution in [1.29, 1.82) is 0 Å². The Bertz CT molecular complexity index is 900. The van der Waals surface area contributed by atoms with Crippen molar-refractivity contribution in [2.45, 2.75) is 26.2 Å². The summed E-state index contributed by atoms with van der Waals surface area (Å²) in [7, 11) is 1.45. The third-order valence-corrected chi connectivity index (χ3v) is 5.55. The minimum atomic E-state index is -0.549. The molecule has 2 heterocycles. The number of rotatable bonds is 4. The van der Waals surface area contributed by atoms with Crippen molar-refractivity contribution < 1.29 is 23.4 Å². The summed E-state index contributed by atoms with van der Waals surface area (Å²) >= 11 is 0. The van der Waals surface area contributed by atoms with Crippen LogP contribution < -0.4 is 14.2 Å². The van der Waals surface area contributed by atoms with Gasteiger partial charge in [-0.05, 0) is 54.5 Å². The monoisotopic (exact) mass is 385 g/mol. The number of halogens is 1. The van der Waals surface area contributed by atoms with Gasteiger partial charge in [-0.1, -0.05) is 19.1 Å². The Morgan fingerprint density at radius 1 is 1.25 bits per heavy atom. The number of fused-ring (bicyclic) bond motifs is 1. The summed E-state index contributed by atoms with van der Waals surface area (Å²) in [4.78, 5) is 14.8. The van der Waals surface area contributed by atoms with Crippen LogP contribution in [0, 0.1) is 11.2 Å². The minimum absolute atomic E-state index is 0.0114. The molecule has 4 rings (SSSR count). The molecule has 0 N–H and O–H groups in total. The highest BCUT2D eigenvalue weighted by Gasteiger charge is 2.35. The molecule has 2 aromatic rings. The molecule has 1 fully saturated rings. The third-order valence-electron chi connectivity index (χ3n) is 5.55. The third kappa shape index (κ3) is 3.51. The normalized spacial score (nSPS) is 20.9. The first-order valence-corrected chi connectivity index (χ1v) is 9.49. The Labute approximate surface area is 164 Å². The molecule has 2 aliphatic heterocycles. The molecule has 0 bridgehead atoms. The Hall–Kier alpha value is -2.76. The van der Waals surface area contributed by atoms with Crippen molar-refractivity contribution in [2.75, 3.05) is 27.0 Å². The number of nitrogens with zero attached hydrogens (tertiary/aromatic N) is 1. The lowest BCUT2D eigenvalue weighted by Crippen LogP contribution is -2.46. The second-order valence-corrected chi connectivity index (χ2v) is 7.82. The van der Waals surface area contributed by atoms with E-state index in [0.29, 0.717) is 13.1 Å². The highest BCUT2D eigenvalue weighted by atomic mass is 19.1. The van der Waals surface area contributed by atoms with Gasteiger partial charge in [0.15, 0.2) is 11.5 Å². The zero-order valence-corrected chi connectivity index (χ0v) is 16.2. The van der Waals surface area contributed by atoms with E-state index in [9.17, 15) is 9.18 Å². The van der Waals surface area contributed by atoms with Crippen molar-refractivity contribution in [1.82, 2.24) is 4.90 Å². The van der Waals surface area contributed by atoms with Crippen LogP contribution >= 0.6 is 0 Å². The van der Waals surface area contributed by atoms with Gasteiger partial charge in [-0.25, -0.2) is 4.39 Å². The lowest BCUT2D eigenvalue weighted by Gasteiger charge is -2.41. The van der Waals surface area contributed by atoms with E-state index in [-0.39, 0.29) is 29.4 Å². The molecule has 0 unspecified atom stereocenters. The van der Waals surface area contributed by atoms with E-state index in [4.69, 9.17) is 14.2 Å². The Morgan fingerprint density at radius 2 is 2.07 bits per heavy atom. The van der Waals surface area contributed by atoms with Gasteiger partial charge in [-0.15, -0.1) is 0 Å². The maximum absolute atomic E-state index is 14.4. The van der Waals surface area contributed by atoms with Gasteiger partial charge in [0.25, 0.3) is 5.91 Å². The molecular formula is C22H24FNO4. The van der Waals surface area contributed by atoms with Crippen LogP contribution in [0.4, 0.5) is 4.39 Å². The second kappa shape index (κ2) is 7.34. The van der Waals surface area contributed by atoms with Crippen molar-refractivity contribution in [3.05, 3.63) is 53.3 Å². The molecular weight excluding hydrogens is 361 g/mol. The standard InChI is InChI=1S/C22H24FNO4/c1-22(12-15-7-8-17-19(11-15)28-14-27-17)9-4-10-24(13-22)21(25)20-16(23)5-3-6-18(20)26-2/h3,5-8,11H,4,9-10,12-14H2,1-2H3/t22-/m1/s1. The average Bonchev–Trinajstić information content (AvgIpc) is 3.14. The van der Waals surface area contributed by atoms with E-state index in [1.54, 1.807) is 17.0 Å². The van der Waals surface area contributed by atoms with Gasteiger partial charge in [0.05, 0.1) is 7.11 Å². The number of ether oxygens (including phenoxy) is 3. The van der Waals surface area contributed by atoms with Crippen molar-refractivity contribution in [2.24, 2.45) is 5.41 Å². The fourth-order valence-electron chi connectivity index (χ4n) is 4.22. The lowest BCUT2D eigenvalue weighted by molar-refractivity contribution is 0.0543. The number of carbonyl (C=O) groups excluding carboxylic acids is 1. The van der Waals surface area contributed by atoms with Gasteiger partial charge in [-0.3, -0.25) is 4.79 Å². The number of piperidine rings is 1. The van der Waals surface area contributed by atoms with Gasteiger partial charge in [0.2, 0.25) is 6.79 Å². The molecule has 1 amide bonds. The number of amides is 1. The largest absolute Gasteiger partial charge is 0.496 e. The highest BCUT2D eigenvalue weighted by Crippen LogP contribution is 2.38. The fourth-order valence-corrected chi connectivity index (χ4v) is 4.22. The van der Waals surface area contributed by atoms with Gasteiger partial charge < -0.3 is 19.1 Å². The van der Waals surface area contributed by atoms with E-state index >= 15 is 0 Å². The second-order valence-electron chi connectivity index (χ2n) is 7.82. The molecule has 0 spiro atoms. The summed E-state index contributed by atoms with van der Waals surface area (Å²) in [6, 6.07) is 10.4. The van der Waals surface area contributed by atoms with Crippen LogP contribution in [0.15, 0.2) is 36.4 Å². The summed E-state index contributed by atoms with van der Waals surface area (Å²) in [6.07, 6.45) is 2.69. The van der Waals surface area contributed by atoms with Crippen LogP contribution in [0.1, 0.15) is 35.7 Å². The molecule has 6 heteroatoms. The predicted octanol–water partition coefficient (Wildman–Crippen LogP) is 4.05. The van der Waals surface area contributed by atoms with E-state index in [1.165, 1.54) is 13.2 Å². The molecule has 5 nitrogen and oxygen atoms in total. The molecule has 0 aliphatic carbocycles. The predicted molar refractivity (Wildman–Crippen MR) is 102 cm³/mol. The van der Waals surface area contributed by atoms with Crippen molar-refractivity contribution >= 4 is 5.91 Å². The van der Waals surface area contributed by atoms with E-state index < -0.39 is 5.82 Å². The van der Waals surface area contributed by atoms with Gasteiger partial charge in [0.1, 0.15) is 17.1 Å². The van der Waals surface area contributed by atoms with Crippen LogP contribution in [0.2, 0.25) is 0 Å². The fraction of sp³-hybridized carbons (Fsp3) is 0.409. The molecule has 1 atom stereocenters. The molecule has 2 aliphatic rings. The number of carbonyl (C=O) groups is 1. The number of methoxy groups -OCH3 is 1. The maximum Gasteiger partial charge on any atom is 0.260 e. The summed E-state index contributed by atoms with van der Waals surface area (Å²) in [5, 5.41) is 0.